The summed E-state index contributed by atoms with van der Waals surface area (Å²) in [6.45, 7) is 2.00. The van der Waals surface area contributed by atoms with Gasteiger partial charge in [-0.1, -0.05) is 0 Å². The number of rotatable bonds is 2. The topological polar surface area (TPSA) is 107 Å². The Morgan fingerprint density at radius 2 is 1.58 bits per heavy atom. The summed E-state index contributed by atoms with van der Waals surface area (Å²) >= 11 is 0. The first-order valence-corrected chi connectivity index (χ1v) is 5.30. The number of hydroxylamine groups is 2. The zero-order chi connectivity index (χ0) is 14.4. The largest absolute Gasteiger partial charge is 0.399 e. The van der Waals surface area contributed by atoms with Gasteiger partial charge >= 0.3 is 5.97 Å². The average molecular weight is 264 g/mol. The number of benzene rings is 1. The third kappa shape index (κ3) is 3.38. The number of hydrogen-bond donors (Lipinski definition) is 1. The summed E-state index contributed by atoms with van der Waals surface area (Å²) in [5.41, 5.74) is 6.20. The SMILES string of the molecule is C=O.Nc1ccc(C(=O)ON2C(=O)CCC2=O)cc1. The molecule has 2 amide bonds. The van der Waals surface area contributed by atoms with Gasteiger partial charge in [0, 0.05) is 18.5 Å². The fraction of sp³-hybridized carbons (Fsp3) is 0.167. The first-order chi connectivity index (χ1) is 9.08. The standard InChI is InChI=1S/C11H10N2O4.CH2O/c12-8-3-1-7(2-4-8)11(16)17-13-9(14)5-6-10(13)15;1-2/h1-4H,5-6,12H2;1H2. The van der Waals surface area contributed by atoms with Crippen molar-refractivity contribution in [3.63, 3.8) is 0 Å². The zero-order valence-corrected chi connectivity index (χ0v) is 10.00. The van der Waals surface area contributed by atoms with Gasteiger partial charge in [-0.2, -0.15) is 0 Å². The van der Waals surface area contributed by atoms with Crippen LogP contribution in [0.4, 0.5) is 5.69 Å². The normalized spacial score (nSPS) is 13.8. The Kier molecular flexibility index (Phi) is 4.76. The number of amides is 2. The van der Waals surface area contributed by atoms with Crippen molar-refractivity contribution in [3.05, 3.63) is 29.8 Å². The predicted octanol–water partition coefficient (Wildman–Crippen LogP) is 0.305. The summed E-state index contributed by atoms with van der Waals surface area (Å²) in [5, 5.41) is 0.513. The molecular formula is C12H12N2O5. The number of nitrogens with zero attached hydrogens (tertiary/aromatic N) is 1. The maximum absolute atomic E-state index is 11.6. The van der Waals surface area contributed by atoms with E-state index >= 15 is 0 Å². The quantitative estimate of drug-likeness (QED) is 0.608. The third-order valence-corrected chi connectivity index (χ3v) is 2.33. The Hall–Kier alpha value is -2.70. The molecule has 2 N–H and O–H groups in total. The van der Waals surface area contributed by atoms with Crippen molar-refractivity contribution < 1.29 is 24.0 Å². The van der Waals surface area contributed by atoms with Crippen LogP contribution in [0.25, 0.3) is 0 Å². The fourth-order valence-corrected chi connectivity index (χ4v) is 1.41. The molecule has 1 fully saturated rings. The molecule has 0 bridgehead atoms. The minimum absolute atomic E-state index is 0.0772. The minimum Gasteiger partial charge on any atom is -0.399 e. The number of nitrogens with two attached hydrogens (primary N) is 1. The van der Waals surface area contributed by atoms with Crippen LogP contribution in [0, 0.1) is 0 Å². The lowest BCUT2D eigenvalue weighted by molar-refractivity contribution is -0.172. The van der Waals surface area contributed by atoms with Crippen molar-refractivity contribution in [2.45, 2.75) is 12.8 Å². The second kappa shape index (κ2) is 6.29. The van der Waals surface area contributed by atoms with E-state index in [2.05, 4.69) is 0 Å². The highest BCUT2D eigenvalue weighted by atomic mass is 16.7. The molecular weight excluding hydrogens is 252 g/mol. The highest BCUT2D eigenvalue weighted by Crippen LogP contribution is 2.14. The molecule has 0 radical (unpaired) electrons. The summed E-state index contributed by atoms with van der Waals surface area (Å²) in [5.74, 6) is -1.76. The molecule has 1 aromatic rings. The summed E-state index contributed by atoms with van der Waals surface area (Å²) in [6.07, 6.45) is 0.154. The third-order valence-electron chi connectivity index (χ3n) is 2.33. The summed E-state index contributed by atoms with van der Waals surface area (Å²) in [6, 6.07) is 5.99. The van der Waals surface area contributed by atoms with Gasteiger partial charge in [-0.05, 0) is 24.3 Å². The van der Waals surface area contributed by atoms with Gasteiger partial charge in [0.2, 0.25) is 0 Å². The van der Waals surface area contributed by atoms with Crippen LogP contribution in [0.3, 0.4) is 0 Å². The summed E-state index contributed by atoms with van der Waals surface area (Å²) in [7, 11) is 0. The molecule has 0 unspecified atom stereocenters. The van der Waals surface area contributed by atoms with Crippen LogP contribution in [0.15, 0.2) is 24.3 Å². The highest BCUT2D eigenvalue weighted by molar-refractivity contribution is 6.02. The molecule has 0 atom stereocenters. The van der Waals surface area contributed by atoms with Gasteiger partial charge in [0.1, 0.15) is 6.79 Å². The maximum Gasteiger partial charge on any atom is 0.363 e. The second-order valence-electron chi connectivity index (χ2n) is 3.58. The Morgan fingerprint density at radius 1 is 1.11 bits per heavy atom. The van der Waals surface area contributed by atoms with Crippen molar-refractivity contribution in [2.75, 3.05) is 5.73 Å². The van der Waals surface area contributed by atoms with E-state index in [1.54, 1.807) is 0 Å². The van der Waals surface area contributed by atoms with Crippen molar-refractivity contribution >= 4 is 30.3 Å². The van der Waals surface area contributed by atoms with Gasteiger partial charge in [0.25, 0.3) is 11.8 Å². The zero-order valence-electron chi connectivity index (χ0n) is 10.00. The van der Waals surface area contributed by atoms with Crippen LogP contribution in [0.2, 0.25) is 0 Å². The van der Waals surface area contributed by atoms with E-state index < -0.39 is 17.8 Å². The maximum atomic E-state index is 11.6. The van der Waals surface area contributed by atoms with E-state index in [-0.39, 0.29) is 18.4 Å². The average Bonchev–Trinajstić information content (AvgIpc) is 2.73. The van der Waals surface area contributed by atoms with Crippen molar-refractivity contribution in [2.24, 2.45) is 0 Å². The first-order valence-electron chi connectivity index (χ1n) is 5.30. The van der Waals surface area contributed by atoms with Crippen LogP contribution in [0.1, 0.15) is 23.2 Å². The lowest BCUT2D eigenvalue weighted by Crippen LogP contribution is -2.32. The van der Waals surface area contributed by atoms with Crippen LogP contribution in [-0.2, 0) is 19.2 Å². The van der Waals surface area contributed by atoms with E-state index in [4.69, 9.17) is 15.4 Å². The molecule has 19 heavy (non-hydrogen) atoms. The van der Waals surface area contributed by atoms with Gasteiger partial charge < -0.3 is 15.4 Å². The Morgan fingerprint density at radius 3 is 2.05 bits per heavy atom. The fourth-order valence-electron chi connectivity index (χ4n) is 1.41. The van der Waals surface area contributed by atoms with Gasteiger partial charge in [-0.25, -0.2) is 4.79 Å². The van der Waals surface area contributed by atoms with Crippen LogP contribution in [-0.4, -0.2) is 29.6 Å². The molecule has 1 aliphatic heterocycles. The van der Waals surface area contributed by atoms with Crippen LogP contribution >= 0.6 is 0 Å². The first kappa shape index (κ1) is 14.4. The van der Waals surface area contributed by atoms with E-state index in [0.717, 1.165) is 0 Å². The van der Waals surface area contributed by atoms with Crippen LogP contribution in [0.5, 0.6) is 0 Å². The van der Waals surface area contributed by atoms with Crippen molar-refractivity contribution in [1.82, 2.24) is 5.06 Å². The van der Waals surface area contributed by atoms with E-state index in [1.807, 2.05) is 6.79 Å². The molecule has 0 aromatic heterocycles. The summed E-state index contributed by atoms with van der Waals surface area (Å²) < 4.78 is 0. The molecule has 1 aromatic carbocycles. The van der Waals surface area contributed by atoms with Gasteiger partial charge in [0.15, 0.2) is 0 Å². The molecule has 0 spiro atoms. The molecule has 100 valence electrons. The number of nitrogen functional groups attached to an aromatic ring is 1. The predicted molar refractivity (Wildman–Crippen MR) is 64.5 cm³/mol. The number of carbonyl (C=O) groups is 4. The number of anilines is 1. The Bertz CT molecular complexity index is 481. The second-order valence-corrected chi connectivity index (χ2v) is 3.58. The van der Waals surface area contributed by atoms with E-state index in [0.29, 0.717) is 10.8 Å². The van der Waals surface area contributed by atoms with E-state index in [1.165, 1.54) is 24.3 Å². The smallest absolute Gasteiger partial charge is 0.363 e. The van der Waals surface area contributed by atoms with E-state index in [9.17, 15) is 14.4 Å². The lowest BCUT2D eigenvalue weighted by atomic mass is 10.2. The minimum atomic E-state index is -0.756. The number of carbonyl (C=O) groups excluding carboxylic acids is 4. The molecule has 1 aliphatic rings. The molecule has 7 nitrogen and oxygen atoms in total. The van der Waals surface area contributed by atoms with Gasteiger partial charge in [-0.3, -0.25) is 9.59 Å². The Labute approximate surface area is 108 Å². The monoisotopic (exact) mass is 264 g/mol. The lowest BCUT2D eigenvalue weighted by Gasteiger charge is -2.12. The molecule has 7 heteroatoms. The highest BCUT2D eigenvalue weighted by Gasteiger charge is 2.33. The molecule has 1 saturated heterocycles. The van der Waals surface area contributed by atoms with Gasteiger partial charge in [0.05, 0.1) is 5.56 Å². The summed E-state index contributed by atoms with van der Waals surface area (Å²) in [4.78, 5) is 46.7. The van der Waals surface area contributed by atoms with Crippen molar-refractivity contribution in [3.8, 4) is 0 Å². The Balaban J connectivity index is 0.000000861. The number of hydrogen-bond acceptors (Lipinski definition) is 6. The van der Waals surface area contributed by atoms with Crippen molar-refractivity contribution in [1.29, 1.82) is 0 Å². The molecule has 0 saturated carbocycles. The molecule has 0 aliphatic carbocycles. The molecule has 2 rings (SSSR count). The van der Waals surface area contributed by atoms with Gasteiger partial charge in [-0.15, -0.1) is 5.06 Å². The molecule has 1 heterocycles. The number of imide groups is 1. The van der Waals surface area contributed by atoms with Crippen LogP contribution < -0.4 is 5.73 Å².